The van der Waals surface area contributed by atoms with Crippen LogP contribution in [0.1, 0.15) is 0 Å². The van der Waals surface area contributed by atoms with E-state index in [0.717, 1.165) is 0 Å². The molecule has 0 aliphatic heterocycles. The third kappa shape index (κ3) is 176. The van der Waals surface area contributed by atoms with Crippen LogP contribution in [0.15, 0.2) is 0 Å². The molecule has 0 saturated carbocycles. The molecule has 0 fully saturated rings. The van der Waals surface area contributed by atoms with Gasteiger partial charge < -0.3 is 5.48 Å². The quantitative estimate of drug-likeness (QED) is 0.356. The minimum absolute atomic E-state index is 0. The molecular formula is H6BaO6PdS. The molecule has 60 valence electrons. The van der Waals surface area contributed by atoms with E-state index in [1.165, 1.54) is 19.2 Å². The van der Waals surface area contributed by atoms with Gasteiger partial charge in [0, 0.05) is 0 Å². The van der Waals surface area contributed by atoms with Crippen molar-refractivity contribution in [2.24, 2.45) is 0 Å². The Labute approximate surface area is 103 Å². The van der Waals surface area contributed by atoms with E-state index in [1.54, 1.807) is 0 Å². The van der Waals surface area contributed by atoms with Crippen molar-refractivity contribution >= 4 is 59.3 Å². The summed E-state index contributed by atoms with van der Waals surface area (Å²) in [4.78, 5) is 0. The Morgan fingerprint density at radius 1 is 1.11 bits per heavy atom. The third-order valence-corrected chi connectivity index (χ3v) is 0. The van der Waals surface area contributed by atoms with Crippen LogP contribution in [-0.2, 0) is 33.0 Å². The topological polar surface area (TPSA) is 123 Å². The van der Waals surface area contributed by atoms with E-state index in [-0.39, 0.29) is 54.4 Å². The normalized spacial score (nSPS) is 7.11. The maximum atomic E-state index is 8.74. The van der Waals surface area contributed by atoms with Crippen molar-refractivity contribution in [2.45, 2.75) is 0 Å². The summed E-state index contributed by atoms with van der Waals surface area (Å²) in [5.41, 5.74) is 0. The summed E-state index contributed by atoms with van der Waals surface area (Å²) in [7, 11) is -4.67. The Bertz CT molecular complexity index is 107. The molecule has 0 aromatic rings. The van der Waals surface area contributed by atoms with Gasteiger partial charge in [-0.1, -0.05) is 0 Å². The Morgan fingerprint density at radius 2 is 1.11 bits per heavy atom. The van der Waals surface area contributed by atoms with Crippen LogP contribution in [0.4, 0.5) is 0 Å². The molecule has 0 aliphatic carbocycles. The van der Waals surface area contributed by atoms with Crippen LogP contribution in [0.3, 0.4) is 0 Å². The first-order valence-corrected chi connectivity index (χ1v) is 2.86. The van der Waals surface area contributed by atoms with E-state index in [0.29, 0.717) is 0 Å². The molecule has 4 N–H and O–H groups in total. The van der Waals surface area contributed by atoms with Gasteiger partial charge in [0.15, 0.2) is 0 Å². The van der Waals surface area contributed by atoms with Gasteiger partial charge in [-0.05, 0) is 0 Å². The molecule has 6 nitrogen and oxygen atoms in total. The SMILES string of the molecule is O.O=S(=O)(O)O.[BaH2].[O]=[Pd]. The first-order valence-electron chi connectivity index (χ1n) is 0.828. The average Bonchev–Trinajstić information content (AvgIpc) is 1.36. The van der Waals surface area contributed by atoms with Gasteiger partial charge in [0.1, 0.15) is 0 Å². The molecule has 0 aromatic carbocycles. The standard InChI is InChI=1S/Ba.H2O4S.H2O.O.Pd.2H/c;1-5(2,3)4;;;;;/h;(H2,1,2,3,4);1H2;;;;. The fourth-order valence-electron chi connectivity index (χ4n) is 0. The molecule has 0 saturated heterocycles. The van der Waals surface area contributed by atoms with E-state index in [4.69, 9.17) is 21.0 Å². The predicted octanol–water partition coefficient (Wildman–Crippen LogP) is -2.52. The summed E-state index contributed by atoms with van der Waals surface area (Å²) in [5, 5.41) is 0. The zero-order valence-electron chi connectivity index (χ0n) is 3.34. The van der Waals surface area contributed by atoms with Crippen molar-refractivity contribution in [3.63, 3.8) is 0 Å². The Morgan fingerprint density at radius 3 is 1.11 bits per heavy atom. The van der Waals surface area contributed by atoms with Crippen molar-refractivity contribution in [2.75, 3.05) is 0 Å². The zero-order valence-corrected chi connectivity index (χ0v) is 5.71. The third-order valence-electron chi connectivity index (χ3n) is 0. The van der Waals surface area contributed by atoms with Crippen molar-refractivity contribution in [1.29, 1.82) is 0 Å². The van der Waals surface area contributed by atoms with Crippen LogP contribution >= 0.6 is 0 Å². The molecule has 9 heteroatoms. The average molecular weight is 378 g/mol. The van der Waals surface area contributed by atoms with Gasteiger partial charge >= 0.3 is 81.9 Å². The molecule has 0 heterocycles. The molecular weight excluding hydrogens is 372 g/mol. The Kier molecular flexibility index (Phi) is 31.2. The maximum absolute atomic E-state index is 8.74. The summed E-state index contributed by atoms with van der Waals surface area (Å²) in [6.45, 7) is 0. The fourth-order valence-corrected chi connectivity index (χ4v) is 0. The zero-order chi connectivity index (χ0) is 6.50. The van der Waals surface area contributed by atoms with Gasteiger partial charge in [-0.3, -0.25) is 9.11 Å². The molecule has 0 rings (SSSR count). The molecule has 9 heavy (non-hydrogen) atoms. The monoisotopic (exact) mass is 378 g/mol. The van der Waals surface area contributed by atoms with Crippen LogP contribution in [0.2, 0.25) is 0 Å². The van der Waals surface area contributed by atoms with Crippen LogP contribution in [0.25, 0.3) is 0 Å². The summed E-state index contributed by atoms with van der Waals surface area (Å²) in [6, 6.07) is 0. The van der Waals surface area contributed by atoms with Crippen molar-refractivity contribution in [1.82, 2.24) is 0 Å². The summed E-state index contributed by atoms with van der Waals surface area (Å²) in [5.74, 6) is 0. The van der Waals surface area contributed by atoms with Gasteiger partial charge in [-0.15, -0.1) is 0 Å². The van der Waals surface area contributed by atoms with E-state index < -0.39 is 10.4 Å². The second-order valence-electron chi connectivity index (χ2n) is 0.448. The predicted molar refractivity (Wildman–Crippen MR) is 27.0 cm³/mol. The summed E-state index contributed by atoms with van der Waals surface area (Å²) in [6.07, 6.45) is 0. The van der Waals surface area contributed by atoms with E-state index in [9.17, 15) is 0 Å². The molecule has 0 spiro atoms. The van der Waals surface area contributed by atoms with E-state index in [2.05, 4.69) is 0 Å². The van der Waals surface area contributed by atoms with Gasteiger partial charge in [0.05, 0.1) is 0 Å². The number of hydrogen-bond donors (Lipinski definition) is 2. The number of hydrogen-bond acceptors (Lipinski definition) is 3. The first-order chi connectivity index (χ1) is 3.00. The van der Waals surface area contributed by atoms with E-state index >= 15 is 0 Å². The van der Waals surface area contributed by atoms with Gasteiger partial charge in [-0.2, -0.15) is 8.42 Å². The van der Waals surface area contributed by atoms with Gasteiger partial charge in [0.25, 0.3) is 0 Å². The minimum atomic E-state index is -4.67. The molecule has 0 atom stereocenters. The van der Waals surface area contributed by atoms with Crippen molar-refractivity contribution in [3.8, 4) is 0 Å². The molecule has 0 bridgehead atoms. The Balaban J connectivity index is -0.0000000286. The first kappa shape index (κ1) is 22.4. The van der Waals surface area contributed by atoms with Crippen LogP contribution in [-0.4, -0.2) is 71.9 Å². The fraction of sp³-hybridized carbons (Fsp3) is 0. The second-order valence-corrected chi connectivity index (χ2v) is 1.34. The van der Waals surface area contributed by atoms with E-state index in [1.807, 2.05) is 0 Å². The van der Waals surface area contributed by atoms with Gasteiger partial charge in [0.2, 0.25) is 0 Å². The summed E-state index contributed by atoms with van der Waals surface area (Å²) >= 11 is 1.50. The van der Waals surface area contributed by atoms with Crippen LogP contribution in [0, 0.1) is 0 Å². The number of rotatable bonds is 0. The van der Waals surface area contributed by atoms with Crippen LogP contribution in [0.5, 0.6) is 0 Å². The molecule has 0 radical (unpaired) electrons. The van der Waals surface area contributed by atoms with Crippen molar-refractivity contribution < 1.29 is 45.6 Å². The molecule has 0 unspecified atom stereocenters. The second kappa shape index (κ2) is 12.5. The summed E-state index contributed by atoms with van der Waals surface area (Å²) < 4.78 is 39.7. The Hall–Kier alpha value is 1.86. The molecule has 0 aliphatic rings. The van der Waals surface area contributed by atoms with Crippen LogP contribution < -0.4 is 0 Å². The van der Waals surface area contributed by atoms with Crippen molar-refractivity contribution in [3.05, 3.63) is 0 Å². The molecule has 0 aromatic heterocycles. The van der Waals surface area contributed by atoms with Gasteiger partial charge in [-0.25, -0.2) is 0 Å². The molecule has 0 amide bonds.